The lowest BCUT2D eigenvalue weighted by Gasteiger charge is -2.05. The van der Waals surface area contributed by atoms with Crippen molar-refractivity contribution in [3.8, 4) is 11.3 Å². The summed E-state index contributed by atoms with van der Waals surface area (Å²) in [6, 6.07) is 20.7. The van der Waals surface area contributed by atoms with Gasteiger partial charge in [-0.15, -0.1) is 17.0 Å². The van der Waals surface area contributed by atoms with E-state index < -0.39 is 0 Å². The van der Waals surface area contributed by atoms with Gasteiger partial charge in [0.1, 0.15) is 0 Å². The van der Waals surface area contributed by atoms with Crippen LogP contribution in [0.2, 0.25) is 0 Å². The molecule has 0 bridgehead atoms. The van der Waals surface area contributed by atoms with Crippen molar-refractivity contribution in [2.75, 3.05) is 0 Å². The molecule has 0 spiro atoms. The van der Waals surface area contributed by atoms with Gasteiger partial charge in [-0.05, 0) is 22.9 Å². The van der Waals surface area contributed by atoms with Gasteiger partial charge < -0.3 is 0 Å². The fraction of sp³-hybridized carbons (Fsp3) is 0. The molecule has 84 valence electrons. The summed E-state index contributed by atoms with van der Waals surface area (Å²) >= 11 is 0. The Labute approximate surface area is 111 Å². The number of hydrogen-bond donors (Lipinski definition) is 0. The third-order valence-corrected chi connectivity index (χ3v) is 2.73. The highest BCUT2D eigenvalue weighted by atomic mass is 79.9. The Morgan fingerprint density at radius 3 is 2.29 bits per heavy atom. The largest absolute Gasteiger partial charge is 0.256 e. The van der Waals surface area contributed by atoms with E-state index in [9.17, 15) is 0 Å². The quantitative estimate of drug-likeness (QED) is 0.642. The van der Waals surface area contributed by atoms with Crippen molar-refractivity contribution < 1.29 is 0 Å². The van der Waals surface area contributed by atoms with Gasteiger partial charge in [0.2, 0.25) is 0 Å². The summed E-state index contributed by atoms with van der Waals surface area (Å²) in [4.78, 5) is 4.40. The Balaban J connectivity index is 0.00000108. The predicted octanol–water partition coefficient (Wildman–Crippen LogP) is 4.48. The Bertz CT molecular complexity index is 615. The van der Waals surface area contributed by atoms with Crippen LogP contribution in [0.1, 0.15) is 0 Å². The maximum absolute atomic E-state index is 4.40. The molecule has 1 nitrogen and oxygen atoms in total. The second-order valence-corrected chi connectivity index (χ2v) is 3.74. The molecule has 0 aliphatic heterocycles. The van der Waals surface area contributed by atoms with Crippen LogP contribution in [0.15, 0.2) is 66.9 Å². The smallest absolute Gasteiger partial charge is 0.0708 e. The van der Waals surface area contributed by atoms with E-state index in [1.54, 1.807) is 0 Å². The van der Waals surface area contributed by atoms with Crippen molar-refractivity contribution in [2.45, 2.75) is 0 Å². The Hall–Kier alpha value is -1.67. The molecule has 0 aliphatic carbocycles. The summed E-state index contributed by atoms with van der Waals surface area (Å²) in [5.74, 6) is 0. The molecule has 0 saturated carbocycles. The first-order valence-electron chi connectivity index (χ1n) is 5.34. The first kappa shape index (κ1) is 11.8. The van der Waals surface area contributed by atoms with Gasteiger partial charge in [-0.2, -0.15) is 0 Å². The van der Waals surface area contributed by atoms with E-state index in [2.05, 4.69) is 47.4 Å². The zero-order valence-corrected chi connectivity index (χ0v) is 10.9. The zero-order chi connectivity index (χ0) is 10.8. The fourth-order valence-electron chi connectivity index (χ4n) is 1.97. The number of nitrogens with zero attached hydrogens (tertiary/aromatic N) is 1. The lowest BCUT2D eigenvalue weighted by Crippen LogP contribution is -1.83. The second-order valence-electron chi connectivity index (χ2n) is 3.74. The molecule has 2 heteroatoms. The molecule has 1 aromatic heterocycles. The lowest BCUT2D eigenvalue weighted by molar-refractivity contribution is 1.33. The summed E-state index contributed by atoms with van der Waals surface area (Å²) in [6.07, 6.45) is 1.83. The van der Waals surface area contributed by atoms with Gasteiger partial charge in [0.15, 0.2) is 0 Å². The Morgan fingerprint density at radius 2 is 1.47 bits per heavy atom. The van der Waals surface area contributed by atoms with Crippen LogP contribution in [0.25, 0.3) is 22.0 Å². The van der Waals surface area contributed by atoms with E-state index in [1.165, 1.54) is 16.3 Å². The van der Waals surface area contributed by atoms with Crippen molar-refractivity contribution in [2.24, 2.45) is 0 Å². The molecule has 17 heavy (non-hydrogen) atoms. The van der Waals surface area contributed by atoms with Crippen molar-refractivity contribution >= 4 is 27.8 Å². The van der Waals surface area contributed by atoms with E-state index in [0.29, 0.717) is 0 Å². The topological polar surface area (TPSA) is 12.9 Å². The number of rotatable bonds is 1. The van der Waals surface area contributed by atoms with Crippen LogP contribution in [0.5, 0.6) is 0 Å². The summed E-state index contributed by atoms with van der Waals surface area (Å²) in [5, 5.41) is 2.51. The number of benzene rings is 2. The summed E-state index contributed by atoms with van der Waals surface area (Å²) < 4.78 is 0. The third kappa shape index (κ3) is 2.22. The SMILES string of the molecule is Br.c1ccc(-c2cccc3ccccc23)nc1. The molecule has 0 amide bonds. The van der Waals surface area contributed by atoms with Gasteiger partial charge >= 0.3 is 0 Å². The first-order chi connectivity index (χ1) is 7.95. The van der Waals surface area contributed by atoms with Crippen LogP contribution in [0.4, 0.5) is 0 Å². The normalized spacial score (nSPS) is 9.88. The van der Waals surface area contributed by atoms with Crippen molar-refractivity contribution in [1.82, 2.24) is 4.98 Å². The zero-order valence-electron chi connectivity index (χ0n) is 9.21. The molecule has 2 aromatic carbocycles. The van der Waals surface area contributed by atoms with Crippen LogP contribution < -0.4 is 0 Å². The molecule has 0 fully saturated rings. The molecule has 0 saturated heterocycles. The standard InChI is InChI=1S/C15H11N.BrH/c1-2-8-13-12(6-1)7-5-9-14(13)15-10-3-4-11-16-15;/h1-11H;1H. The van der Waals surface area contributed by atoms with Gasteiger partial charge in [0, 0.05) is 11.8 Å². The summed E-state index contributed by atoms with van der Waals surface area (Å²) in [6.45, 7) is 0. The molecule has 3 aromatic rings. The van der Waals surface area contributed by atoms with Gasteiger partial charge in [-0.1, -0.05) is 48.5 Å². The second kappa shape index (κ2) is 5.11. The molecular weight excluding hydrogens is 274 g/mol. The van der Waals surface area contributed by atoms with E-state index in [1.807, 2.05) is 24.4 Å². The molecule has 0 radical (unpaired) electrons. The highest BCUT2D eigenvalue weighted by molar-refractivity contribution is 8.93. The number of hydrogen-bond acceptors (Lipinski definition) is 1. The maximum atomic E-state index is 4.40. The third-order valence-electron chi connectivity index (χ3n) is 2.73. The molecule has 0 N–H and O–H groups in total. The average molecular weight is 286 g/mol. The Morgan fingerprint density at radius 1 is 0.706 bits per heavy atom. The van der Waals surface area contributed by atoms with Crippen molar-refractivity contribution in [3.63, 3.8) is 0 Å². The maximum Gasteiger partial charge on any atom is 0.0708 e. The molecular formula is C15H12BrN. The van der Waals surface area contributed by atoms with Crippen molar-refractivity contribution in [3.05, 3.63) is 66.9 Å². The number of aromatic nitrogens is 1. The van der Waals surface area contributed by atoms with Gasteiger partial charge in [0.05, 0.1) is 5.69 Å². The lowest BCUT2D eigenvalue weighted by atomic mass is 10.0. The molecule has 0 unspecified atom stereocenters. The number of fused-ring (bicyclic) bond motifs is 1. The molecule has 1 heterocycles. The van der Waals surface area contributed by atoms with E-state index in [0.717, 1.165) is 5.69 Å². The summed E-state index contributed by atoms with van der Waals surface area (Å²) in [5.41, 5.74) is 2.22. The summed E-state index contributed by atoms with van der Waals surface area (Å²) in [7, 11) is 0. The monoisotopic (exact) mass is 285 g/mol. The predicted molar refractivity (Wildman–Crippen MR) is 77.5 cm³/mol. The first-order valence-corrected chi connectivity index (χ1v) is 5.34. The van der Waals surface area contributed by atoms with Gasteiger partial charge in [-0.3, -0.25) is 4.98 Å². The van der Waals surface area contributed by atoms with Crippen LogP contribution in [0.3, 0.4) is 0 Å². The Kier molecular flexibility index (Phi) is 3.55. The highest BCUT2D eigenvalue weighted by Gasteiger charge is 2.02. The fourth-order valence-corrected chi connectivity index (χ4v) is 1.97. The molecule has 0 aliphatic rings. The van der Waals surface area contributed by atoms with Crippen molar-refractivity contribution in [1.29, 1.82) is 0 Å². The average Bonchev–Trinajstić information content (AvgIpc) is 2.39. The van der Waals surface area contributed by atoms with E-state index in [-0.39, 0.29) is 17.0 Å². The van der Waals surface area contributed by atoms with Gasteiger partial charge in [-0.25, -0.2) is 0 Å². The van der Waals surface area contributed by atoms with E-state index >= 15 is 0 Å². The molecule has 0 atom stereocenters. The highest BCUT2D eigenvalue weighted by Crippen LogP contribution is 2.26. The minimum Gasteiger partial charge on any atom is -0.256 e. The number of pyridine rings is 1. The van der Waals surface area contributed by atoms with E-state index in [4.69, 9.17) is 0 Å². The number of halogens is 1. The van der Waals surface area contributed by atoms with Crippen LogP contribution in [-0.2, 0) is 0 Å². The molecule has 3 rings (SSSR count). The van der Waals surface area contributed by atoms with Gasteiger partial charge in [0.25, 0.3) is 0 Å². The minimum absolute atomic E-state index is 0. The van der Waals surface area contributed by atoms with Crippen LogP contribution >= 0.6 is 17.0 Å². The van der Waals surface area contributed by atoms with Crippen LogP contribution in [-0.4, -0.2) is 4.98 Å². The van der Waals surface area contributed by atoms with Crippen LogP contribution in [0, 0.1) is 0 Å². The minimum atomic E-state index is 0.